The molecule has 0 bridgehead atoms. The first-order valence-electron chi connectivity index (χ1n) is 5.37. The van der Waals surface area contributed by atoms with E-state index in [1.807, 2.05) is 13.8 Å². The zero-order valence-electron chi connectivity index (χ0n) is 10.0. The molecule has 0 aromatic heterocycles. The first-order chi connectivity index (χ1) is 7.29. The number of hydrogen-bond donors (Lipinski definition) is 1. The van der Waals surface area contributed by atoms with E-state index in [1.54, 1.807) is 0 Å². The molecule has 0 aromatic rings. The summed E-state index contributed by atoms with van der Waals surface area (Å²) in [6.07, 6.45) is -4.28. The highest BCUT2D eigenvalue weighted by atomic mass is 19.4. The number of nitrogens with two attached hydrogens (primary N) is 1. The van der Waals surface area contributed by atoms with Gasteiger partial charge in [0, 0.05) is 6.54 Å². The van der Waals surface area contributed by atoms with Crippen molar-refractivity contribution in [1.82, 2.24) is 4.90 Å². The van der Waals surface area contributed by atoms with E-state index in [2.05, 4.69) is 0 Å². The number of hydrogen-bond acceptors (Lipinski definition) is 3. The molecule has 0 aliphatic heterocycles. The van der Waals surface area contributed by atoms with Gasteiger partial charge in [0.05, 0.1) is 12.7 Å². The van der Waals surface area contributed by atoms with Crippen molar-refractivity contribution in [2.45, 2.75) is 38.6 Å². The van der Waals surface area contributed by atoms with Gasteiger partial charge in [-0.15, -0.1) is 0 Å². The molecule has 0 saturated carbocycles. The minimum Gasteiger partial charge on any atom is -0.377 e. The fraction of sp³-hybridized carbons (Fsp3) is 1.00. The van der Waals surface area contributed by atoms with Crippen LogP contribution in [0.5, 0.6) is 0 Å². The maximum atomic E-state index is 12.6. The molecule has 0 rings (SSSR count). The maximum Gasteiger partial charge on any atom is 0.404 e. The highest BCUT2D eigenvalue weighted by molar-refractivity contribution is 4.77. The zero-order valence-corrected chi connectivity index (χ0v) is 10.0. The molecule has 0 amide bonds. The van der Waals surface area contributed by atoms with Gasteiger partial charge >= 0.3 is 6.18 Å². The van der Waals surface area contributed by atoms with Crippen molar-refractivity contribution in [3.63, 3.8) is 0 Å². The largest absolute Gasteiger partial charge is 0.404 e. The Morgan fingerprint density at radius 2 is 1.88 bits per heavy atom. The summed E-state index contributed by atoms with van der Waals surface area (Å²) in [4.78, 5) is 1.25. The van der Waals surface area contributed by atoms with E-state index in [9.17, 15) is 13.2 Å². The van der Waals surface area contributed by atoms with Crippen molar-refractivity contribution in [1.29, 1.82) is 0 Å². The van der Waals surface area contributed by atoms with Gasteiger partial charge in [0.25, 0.3) is 0 Å². The number of likely N-dealkylation sites (N-methyl/N-ethyl adjacent to an activating group) is 1. The van der Waals surface area contributed by atoms with Crippen LogP contribution in [0.25, 0.3) is 0 Å². The molecule has 0 fully saturated rings. The molecule has 0 aromatic carbocycles. The number of nitrogens with zero attached hydrogens (tertiary/aromatic N) is 1. The van der Waals surface area contributed by atoms with E-state index in [0.29, 0.717) is 6.61 Å². The first kappa shape index (κ1) is 15.7. The normalized spacial score (nSPS) is 14.8. The Labute approximate surface area is 94.7 Å². The molecular weight excluding hydrogens is 221 g/mol. The lowest BCUT2D eigenvalue weighted by Gasteiger charge is -2.29. The fourth-order valence-corrected chi connectivity index (χ4v) is 1.38. The van der Waals surface area contributed by atoms with Crippen LogP contribution in [-0.2, 0) is 4.74 Å². The summed E-state index contributed by atoms with van der Waals surface area (Å²) < 4.78 is 43.0. The second kappa shape index (κ2) is 7.09. The molecule has 16 heavy (non-hydrogen) atoms. The van der Waals surface area contributed by atoms with Crippen molar-refractivity contribution in [3.05, 3.63) is 0 Å². The highest BCUT2D eigenvalue weighted by Crippen LogP contribution is 2.25. The maximum absolute atomic E-state index is 12.6. The summed E-state index contributed by atoms with van der Waals surface area (Å²) in [6.45, 7) is 4.27. The topological polar surface area (TPSA) is 38.5 Å². The van der Waals surface area contributed by atoms with E-state index in [0.717, 1.165) is 0 Å². The standard InChI is InChI=1S/C10H21F3N2O/c1-8(2)16-7-6-15(3)9(4-5-14)10(11,12)13/h8-9H,4-7,14H2,1-3H3. The predicted molar refractivity (Wildman–Crippen MR) is 57.2 cm³/mol. The third kappa shape index (κ3) is 6.30. The first-order valence-corrected chi connectivity index (χ1v) is 5.37. The van der Waals surface area contributed by atoms with Gasteiger partial charge in [0.1, 0.15) is 6.04 Å². The van der Waals surface area contributed by atoms with Crippen LogP contribution in [0.1, 0.15) is 20.3 Å². The molecule has 1 atom stereocenters. The number of ether oxygens (including phenoxy) is 1. The van der Waals surface area contributed by atoms with Crippen molar-refractivity contribution in [2.24, 2.45) is 5.73 Å². The smallest absolute Gasteiger partial charge is 0.377 e. The van der Waals surface area contributed by atoms with Crippen molar-refractivity contribution >= 4 is 0 Å². The average Bonchev–Trinajstić information content (AvgIpc) is 2.11. The summed E-state index contributed by atoms with van der Waals surface area (Å²) in [7, 11) is 1.44. The van der Waals surface area contributed by atoms with Gasteiger partial charge in [-0.2, -0.15) is 13.2 Å². The zero-order chi connectivity index (χ0) is 12.8. The van der Waals surface area contributed by atoms with E-state index in [4.69, 9.17) is 10.5 Å². The third-order valence-corrected chi connectivity index (χ3v) is 2.25. The summed E-state index contributed by atoms with van der Waals surface area (Å²) in [5.74, 6) is 0. The molecule has 0 aliphatic carbocycles. The van der Waals surface area contributed by atoms with Gasteiger partial charge in [-0.25, -0.2) is 0 Å². The number of rotatable bonds is 7. The van der Waals surface area contributed by atoms with Crippen LogP contribution < -0.4 is 5.73 Å². The highest BCUT2D eigenvalue weighted by Gasteiger charge is 2.41. The van der Waals surface area contributed by atoms with Gasteiger partial charge in [-0.3, -0.25) is 4.90 Å². The molecule has 0 saturated heterocycles. The van der Waals surface area contributed by atoms with E-state index in [1.165, 1.54) is 11.9 Å². The van der Waals surface area contributed by atoms with Crippen molar-refractivity contribution < 1.29 is 17.9 Å². The molecule has 1 unspecified atom stereocenters. The number of alkyl halides is 3. The molecular formula is C10H21F3N2O. The molecule has 0 aliphatic rings. The lowest BCUT2D eigenvalue weighted by Crippen LogP contribution is -2.46. The Kier molecular flexibility index (Phi) is 6.94. The summed E-state index contributed by atoms with van der Waals surface area (Å²) in [6, 6.07) is -1.48. The third-order valence-electron chi connectivity index (χ3n) is 2.25. The molecule has 6 heteroatoms. The average molecular weight is 242 g/mol. The Morgan fingerprint density at radius 3 is 2.25 bits per heavy atom. The fourth-order valence-electron chi connectivity index (χ4n) is 1.38. The molecule has 2 N–H and O–H groups in total. The summed E-state index contributed by atoms with van der Waals surface area (Å²) >= 11 is 0. The Morgan fingerprint density at radius 1 is 1.31 bits per heavy atom. The van der Waals surface area contributed by atoms with E-state index >= 15 is 0 Å². The van der Waals surface area contributed by atoms with Gasteiger partial charge in [0.2, 0.25) is 0 Å². The van der Waals surface area contributed by atoms with Crippen molar-refractivity contribution in [3.8, 4) is 0 Å². The van der Waals surface area contributed by atoms with Crippen LogP contribution in [0.15, 0.2) is 0 Å². The van der Waals surface area contributed by atoms with E-state index in [-0.39, 0.29) is 25.6 Å². The summed E-state index contributed by atoms with van der Waals surface area (Å²) in [5, 5.41) is 0. The lowest BCUT2D eigenvalue weighted by molar-refractivity contribution is -0.183. The van der Waals surface area contributed by atoms with Gasteiger partial charge in [-0.1, -0.05) is 0 Å². The second-order valence-electron chi connectivity index (χ2n) is 4.03. The molecule has 0 radical (unpaired) electrons. The van der Waals surface area contributed by atoms with Gasteiger partial charge in [0.15, 0.2) is 0 Å². The van der Waals surface area contributed by atoms with Crippen LogP contribution >= 0.6 is 0 Å². The molecule has 98 valence electrons. The van der Waals surface area contributed by atoms with Crippen LogP contribution in [-0.4, -0.2) is 50.0 Å². The van der Waals surface area contributed by atoms with E-state index < -0.39 is 12.2 Å². The minimum atomic E-state index is -4.23. The van der Waals surface area contributed by atoms with Crippen LogP contribution in [0.2, 0.25) is 0 Å². The number of halogens is 3. The quantitative estimate of drug-likeness (QED) is 0.737. The summed E-state index contributed by atoms with van der Waals surface area (Å²) in [5.41, 5.74) is 5.18. The molecule has 0 heterocycles. The Balaban J connectivity index is 4.12. The van der Waals surface area contributed by atoms with Gasteiger partial charge < -0.3 is 10.5 Å². The van der Waals surface area contributed by atoms with Crippen LogP contribution in [0.4, 0.5) is 13.2 Å². The Hall–Kier alpha value is -0.330. The second-order valence-corrected chi connectivity index (χ2v) is 4.03. The monoisotopic (exact) mass is 242 g/mol. The lowest BCUT2D eigenvalue weighted by atomic mass is 10.2. The molecule has 0 spiro atoms. The van der Waals surface area contributed by atoms with Crippen LogP contribution in [0, 0.1) is 0 Å². The van der Waals surface area contributed by atoms with Crippen LogP contribution in [0.3, 0.4) is 0 Å². The SMILES string of the molecule is CC(C)OCCN(C)C(CCN)C(F)(F)F. The predicted octanol–water partition coefficient (Wildman–Crippen LogP) is 1.62. The van der Waals surface area contributed by atoms with Gasteiger partial charge in [-0.05, 0) is 33.9 Å². The van der Waals surface area contributed by atoms with Crippen molar-refractivity contribution in [2.75, 3.05) is 26.7 Å². The Bertz CT molecular complexity index is 185. The molecule has 3 nitrogen and oxygen atoms in total. The minimum absolute atomic E-state index is 0.0273.